The van der Waals surface area contributed by atoms with Crippen LogP contribution in [0.25, 0.3) is 0 Å². The topological polar surface area (TPSA) is 50.8 Å². The van der Waals surface area contributed by atoms with E-state index < -0.39 is 5.60 Å². The molecule has 0 aromatic rings. The first kappa shape index (κ1) is 16.1. The maximum absolute atomic E-state index is 12.4. The van der Waals surface area contributed by atoms with Crippen molar-refractivity contribution in [2.45, 2.75) is 89.2 Å². The third-order valence-corrected chi connectivity index (χ3v) is 4.97. The molecule has 3 fully saturated rings. The van der Waals surface area contributed by atoms with Gasteiger partial charge in [-0.3, -0.25) is 0 Å². The Morgan fingerprint density at radius 1 is 1.00 bits per heavy atom. The van der Waals surface area contributed by atoms with Crippen molar-refractivity contribution in [3.63, 3.8) is 0 Å². The van der Waals surface area contributed by atoms with Crippen LogP contribution in [0.1, 0.15) is 59.3 Å². The monoisotopic (exact) mass is 310 g/mol. The summed E-state index contributed by atoms with van der Waals surface area (Å²) in [5.41, 5.74) is -0.418. The summed E-state index contributed by atoms with van der Waals surface area (Å²) in [6.45, 7) is 7.92. The third kappa shape index (κ3) is 3.74. The average molecular weight is 310 g/mol. The molecule has 3 aliphatic heterocycles. The van der Waals surface area contributed by atoms with E-state index >= 15 is 0 Å². The van der Waals surface area contributed by atoms with Gasteiger partial charge in [-0.05, 0) is 72.4 Å². The minimum absolute atomic E-state index is 0.139. The van der Waals surface area contributed by atoms with E-state index in [2.05, 4.69) is 5.32 Å². The molecule has 3 saturated heterocycles. The molecule has 0 spiro atoms. The van der Waals surface area contributed by atoms with Crippen LogP contribution in [0.2, 0.25) is 0 Å². The molecule has 0 aromatic carbocycles. The number of fused-ring (bicyclic) bond motifs is 2. The number of rotatable bonds is 2. The molecule has 3 atom stereocenters. The molecule has 5 nitrogen and oxygen atoms in total. The summed E-state index contributed by atoms with van der Waals surface area (Å²) in [4.78, 5) is 14.4. The summed E-state index contributed by atoms with van der Waals surface area (Å²) < 4.78 is 11.9. The lowest BCUT2D eigenvalue weighted by atomic mass is 9.99. The molecule has 5 heteroatoms. The summed E-state index contributed by atoms with van der Waals surface area (Å²) in [6.07, 6.45) is 6.94. The largest absolute Gasteiger partial charge is 0.444 e. The lowest BCUT2D eigenvalue weighted by molar-refractivity contribution is -0.0716. The van der Waals surface area contributed by atoms with Gasteiger partial charge in [0.25, 0.3) is 0 Å². The van der Waals surface area contributed by atoms with Crippen LogP contribution in [-0.2, 0) is 9.47 Å². The van der Waals surface area contributed by atoms with Gasteiger partial charge in [-0.1, -0.05) is 0 Å². The number of hydrogen-bond acceptors (Lipinski definition) is 4. The molecule has 3 heterocycles. The van der Waals surface area contributed by atoms with Crippen molar-refractivity contribution in [2.24, 2.45) is 0 Å². The van der Waals surface area contributed by atoms with Crippen LogP contribution in [0, 0.1) is 0 Å². The molecular formula is C17H30N2O3. The molecule has 2 bridgehead atoms. The fraction of sp³-hybridized carbons (Fsp3) is 0.941. The SMILES string of the molecule is CC(C)(C)OC(=O)N1[C@@H]2CC[C@H]1CC(OC1CCNCC1)C2. The number of carbonyl (C=O) groups is 1. The molecule has 1 N–H and O–H groups in total. The number of piperidine rings is 2. The van der Waals surface area contributed by atoms with Crippen LogP contribution in [0.4, 0.5) is 4.79 Å². The predicted molar refractivity (Wildman–Crippen MR) is 84.9 cm³/mol. The molecule has 0 aliphatic carbocycles. The molecule has 126 valence electrons. The number of nitrogens with one attached hydrogen (secondary N) is 1. The van der Waals surface area contributed by atoms with E-state index in [4.69, 9.17) is 9.47 Å². The lowest BCUT2D eigenvalue weighted by Crippen LogP contribution is -2.51. The summed E-state index contributed by atoms with van der Waals surface area (Å²) in [5, 5.41) is 3.38. The quantitative estimate of drug-likeness (QED) is 0.852. The number of hydrogen-bond donors (Lipinski definition) is 1. The van der Waals surface area contributed by atoms with E-state index in [1.807, 2.05) is 25.7 Å². The highest BCUT2D eigenvalue weighted by molar-refractivity contribution is 5.69. The third-order valence-electron chi connectivity index (χ3n) is 4.97. The van der Waals surface area contributed by atoms with Crippen molar-refractivity contribution in [1.29, 1.82) is 0 Å². The van der Waals surface area contributed by atoms with Gasteiger partial charge in [-0.2, -0.15) is 0 Å². The first-order valence-corrected chi connectivity index (χ1v) is 8.80. The van der Waals surface area contributed by atoms with Crippen molar-refractivity contribution in [2.75, 3.05) is 13.1 Å². The number of ether oxygens (including phenoxy) is 2. The second-order valence-corrected chi connectivity index (χ2v) is 7.95. The second kappa shape index (κ2) is 6.36. The Balaban J connectivity index is 1.55. The van der Waals surface area contributed by atoms with Gasteiger partial charge in [0.2, 0.25) is 0 Å². The van der Waals surface area contributed by atoms with Crippen molar-refractivity contribution in [1.82, 2.24) is 10.2 Å². The molecule has 22 heavy (non-hydrogen) atoms. The zero-order chi connectivity index (χ0) is 15.7. The van der Waals surface area contributed by atoms with E-state index in [0.717, 1.165) is 51.6 Å². The number of carbonyl (C=O) groups excluding carboxylic acids is 1. The molecule has 3 aliphatic rings. The van der Waals surface area contributed by atoms with Gasteiger partial charge in [0.1, 0.15) is 5.60 Å². The van der Waals surface area contributed by atoms with Crippen molar-refractivity contribution in [3.05, 3.63) is 0 Å². The molecule has 1 amide bonds. The second-order valence-electron chi connectivity index (χ2n) is 7.95. The van der Waals surface area contributed by atoms with Crippen LogP contribution >= 0.6 is 0 Å². The van der Waals surface area contributed by atoms with Crippen molar-refractivity contribution in [3.8, 4) is 0 Å². The van der Waals surface area contributed by atoms with Crippen molar-refractivity contribution >= 4 is 6.09 Å². The maximum atomic E-state index is 12.4. The van der Waals surface area contributed by atoms with Crippen LogP contribution in [0.15, 0.2) is 0 Å². The predicted octanol–water partition coefficient (Wildman–Crippen LogP) is 2.69. The molecule has 0 saturated carbocycles. The number of amides is 1. The Morgan fingerprint density at radius 2 is 1.59 bits per heavy atom. The Morgan fingerprint density at radius 3 is 2.14 bits per heavy atom. The number of nitrogens with zero attached hydrogens (tertiary/aromatic N) is 1. The Hall–Kier alpha value is -0.810. The van der Waals surface area contributed by atoms with Gasteiger partial charge in [-0.25, -0.2) is 4.79 Å². The molecule has 0 radical (unpaired) electrons. The van der Waals surface area contributed by atoms with Gasteiger partial charge >= 0.3 is 6.09 Å². The minimum atomic E-state index is -0.418. The minimum Gasteiger partial charge on any atom is -0.444 e. The normalized spacial score (nSPS) is 33.0. The highest BCUT2D eigenvalue weighted by atomic mass is 16.6. The summed E-state index contributed by atoms with van der Waals surface area (Å²) in [6, 6.07) is 0.612. The first-order chi connectivity index (χ1) is 10.4. The van der Waals surface area contributed by atoms with E-state index in [9.17, 15) is 4.79 Å². The smallest absolute Gasteiger partial charge is 0.410 e. The Kier molecular flexibility index (Phi) is 4.64. The van der Waals surface area contributed by atoms with Gasteiger partial charge in [-0.15, -0.1) is 0 Å². The molecule has 0 aromatic heterocycles. The molecule has 3 rings (SSSR count). The zero-order valence-electron chi connectivity index (χ0n) is 14.1. The van der Waals surface area contributed by atoms with Crippen molar-refractivity contribution < 1.29 is 14.3 Å². The summed E-state index contributed by atoms with van der Waals surface area (Å²) in [7, 11) is 0. The molecular weight excluding hydrogens is 280 g/mol. The van der Waals surface area contributed by atoms with E-state index in [0.29, 0.717) is 24.3 Å². The van der Waals surface area contributed by atoms with Gasteiger partial charge in [0.15, 0.2) is 0 Å². The van der Waals surface area contributed by atoms with Crippen LogP contribution in [-0.4, -0.2) is 54.0 Å². The summed E-state index contributed by atoms with van der Waals surface area (Å²) in [5.74, 6) is 0. The Labute approximate surface area is 133 Å². The maximum Gasteiger partial charge on any atom is 0.410 e. The zero-order valence-corrected chi connectivity index (χ0v) is 14.1. The van der Waals surface area contributed by atoms with Gasteiger partial charge in [0.05, 0.1) is 12.2 Å². The fourth-order valence-electron chi connectivity index (χ4n) is 4.05. The highest BCUT2D eigenvalue weighted by Crippen LogP contribution is 2.38. The van der Waals surface area contributed by atoms with Gasteiger partial charge < -0.3 is 19.7 Å². The highest BCUT2D eigenvalue weighted by Gasteiger charge is 2.45. The molecule has 1 unspecified atom stereocenters. The van der Waals surface area contributed by atoms with Crippen LogP contribution in [0.3, 0.4) is 0 Å². The fourth-order valence-corrected chi connectivity index (χ4v) is 4.05. The van der Waals surface area contributed by atoms with E-state index in [1.165, 1.54) is 0 Å². The lowest BCUT2D eigenvalue weighted by Gasteiger charge is -2.40. The first-order valence-electron chi connectivity index (χ1n) is 8.80. The average Bonchev–Trinajstić information content (AvgIpc) is 2.70. The Bertz CT molecular complexity index is 387. The van der Waals surface area contributed by atoms with Crippen LogP contribution in [0.5, 0.6) is 0 Å². The standard InChI is InChI=1S/C17H30N2O3/c1-17(2,3)22-16(20)19-12-4-5-13(19)11-15(10-12)21-14-6-8-18-9-7-14/h12-15,18H,4-11H2,1-3H3/t12-,13+,15?. The van der Waals surface area contributed by atoms with Gasteiger partial charge in [0, 0.05) is 12.1 Å². The summed E-state index contributed by atoms with van der Waals surface area (Å²) >= 11 is 0. The van der Waals surface area contributed by atoms with E-state index in [1.54, 1.807) is 0 Å². The van der Waals surface area contributed by atoms with Crippen LogP contribution < -0.4 is 5.32 Å². The van der Waals surface area contributed by atoms with E-state index in [-0.39, 0.29) is 6.09 Å².